The van der Waals surface area contributed by atoms with Crippen LogP contribution in [0.15, 0.2) is 42.5 Å². The molecule has 1 saturated heterocycles. The summed E-state index contributed by atoms with van der Waals surface area (Å²) in [7, 11) is 0. The van der Waals surface area contributed by atoms with Crippen LogP contribution in [-0.4, -0.2) is 40.4 Å². The molecule has 8 heteroatoms. The van der Waals surface area contributed by atoms with Crippen molar-refractivity contribution in [3.63, 3.8) is 0 Å². The Bertz CT molecular complexity index is 1200. The van der Waals surface area contributed by atoms with Crippen molar-refractivity contribution in [3.05, 3.63) is 70.3 Å². The highest BCUT2D eigenvalue weighted by atomic mass is 16.2. The standard InChI is InChI=1S/C26H27N3O5.2C2H6/c1-26(2,3)18-7-5-16(6-8-18)22(31)24(33)27-13-15-4-9-19-17(12-15)14-29(25(19)34)20-10-11-21(30)28-23(20)32;2*1-2/h4-9,12,20H,10-11,13-14H2,1-3H3,(H,27,33)(H,28,30,32);2*1-2H3. The molecule has 4 rings (SSSR count). The molecule has 2 N–H and O–H groups in total. The number of fused-ring (bicyclic) bond motifs is 1. The zero-order chi connectivity index (χ0) is 28.6. The van der Waals surface area contributed by atoms with Gasteiger partial charge in [-0.15, -0.1) is 0 Å². The molecule has 8 nitrogen and oxygen atoms in total. The first-order chi connectivity index (χ1) is 18.0. The fourth-order valence-corrected chi connectivity index (χ4v) is 4.25. The van der Waals surface area contributed by atoms with E-state index in [2.05, 4.69) is 31.4 Å². The van der Waals surface area contributed by atoms with Crippen molar-refractivity contribution in [1.29, 1.82) is 0 Å². The van der Waals surface area contributed by atoms with Crippen LogP contribution in [0.25, 0.3) is 0 Å². The number of ketones is 1. The van der Waals surface area contributed by atoms with Gasteiger partial charge in [-0.1, -0.05) is 84.9 Å². The van der Waals surface area contributed by atoms with E-state index in [0.29, 0.717) is 17.5 Å². The maximum Gasteiger partial charge on any atom is 0.292 e. The lowest BCUT2D eigenvalue weighted by Gasteiger charge is -2.29. The maximum atomic E-state index is 12.8. The van der Waals surface area contributed by atoms with Gasteiger partial charge in [0.2, 0.25) is 17.6 Å². The topological polar surface area (TPSA) is 113 Å². The van der Waals surface area contributed by atoms with Crippen molar-refractivity contribution in [3.8, 4) is 0 Å². The van der Waals surface area contributed by atoms with Crippen LogP contribution >= 0.6 is 0 Å². The maximum absolute atomic E-state index is 12.8. The van der Waals surface area contributed by atoms with Crippen LogP contribution in [-0.2, 0) is 32.9 Å². The van der Waals surface area contributed by atoms with Gasteiger partial charge < -0.3 is 10.2 Å². The number of carbonyl (C=O) groups excluding carboxylic acids is 5. The van der Waals surface area contributed by atoms with Crippen molar-refractivity contribution in [1.82, 2.24) is 15.5 Å². The van der Waals surface area contributed by atoms with E-state index in [1.165, 1.54) is 4.90 Å². The summed E-state index contributed by atoms with van der Waals surface area (Å²) >= 11 is 0. The van der Waals surface area contributed by atoms with Crippen molar-refractivity contribution in [2.45, 2.75) is 85.9 Å². The van der Waals surface area contributed by atoms with E-state index >= 15 is 0 Å². The van der Waals surface area contributed by atoms with Crippen molar-refractivity contribution in [2.24, 2.45) is 0 Å². The van der Waals surface area contributed by atoms with Crippen molar-refractivity contribution in [2.75, 3.05) is 0 Å². The van der Waals surface area contributed by atoms with Gasteiger partial charge in [-0.2, -0.15) is 0 Å². The molecule has 1 fully saturated rings. The monoisotopic (exact) mass is 521 g/mol. The van der Waals surface area contributed by atoms with Crippen LogP contribution in [0.3, 0.4) is 0 Å². The highest BCUT2D eigenvalue weighted by Crippen LogP contribution is 2.28. The average Bonchev–Trinajstić information content (AvgIpc) is 3.24. The van der Waals surface area contributed by atoms with Gasteiger partial charge in [0.15, 0.2) is 0 Å². The van der Waals surface area contributed by atoms with Crippen LogP contribution in [0.1, 0.15) is 98.7 Å². The number of carbonyl (C=O) groups is 5. The fraction of sp³-hybridized carbons (Fsp3) is 0.433. The van der Waals surface area contributed by atoms with Gasteiger partial charge in [0.25, 0.3) is 11.8 Å². The fourth-order valence-electron chi connectivity index (χ4n) is 4.25. The van der Waals surface area contributed by atoms with E-state index < -0.39 is 23.6 Å². The molecule has 204 valence electrons. The number of piperidine rings is 1. The SMILES string of the molecule is CC.CC.CC(C)(C)c1ccc(C(=O)C(=O)NCc2ccc3c(c2)CN(C2CCC(=O)NC2=O)C3=O)cc1. The largest absolute Gasteiger partial charge is 0.345 e. The van der Waals surface area contributed by atoms with Gasteiger partial charge in [0.05, 0.1) is 0 Å². The molecule has 2 aliphatic rings. The van der Waals surface area contributed by atoms with Gasteiger partial charge in [0, 0.05) is 30.6 Å². The number of rotatable bonds is 5. The Kier molecular flexibility index (Phi) is 10.5. The van der Waals surface area contributed by atoms with Crippen molar-refractivity contribution >= 4 is 29.4 Å². The van der Waals surface area contributed by atoms with Gasteiger partial charge in [0.1, 0.15) is 6.04 Å². The number of imide groups is 1. The van der Waals surface area contributed by atoms with Crippen LogP contribution < -0.4 is 10.6 Å². The predicted octanol–water partition coefficient (Wildman–Crippen LogP) is 4.30. The quantitative estimate of drug-likeness (QED) is 0.346. The number of benzene rings is 2. The molecule has 0 aromatic heterocycles. The Balaban J connectivity index is 0.00000121. The molecule has 0 saturated carbocycles. The summed E-state index contributed by atoms with van der Waals surface area (Å²) in [5, 5.41) is 4.92. The normalized spacial score (nSPS) is 16.3. The molecule has 0 bridgehead atoms. The third-order valence-corrected chi connectivity index (χ3v) is 6.26. The first kappa shape index (κ1) is 30.4. The van der Waals surface area contributed by atoms with Gasteiger partial charge >= 0.3 is 0 Å². The Hall–Kier alpha value is -3.81. The number of amides is 4. The lowest BCUT2D eigenvalue weighted by Crippen LogP contribution is -2.52. The Morgan fingerprint density at radius 2 is 1.61 bits per heavy atom. The van der Waals surface area contributed by atoms with E-state index in [1.54, 1.807) is 30.3 Å². The molecule has 1 atom stereocenters. The van der Waals surface area contributed by atoms with Gasteiger partial charge in [-0.3, -0.25) is 29.3 Å². The number of nitrogens with one attached hydrogen (secondary N) is 2. The number of Topliss-reactive ketones (excluding diaryl/α,β-unsaturated/α-hetero) is 1. The molecule has 2 aromatic rings. The molecule has 1 unspecified atom stereocenters. The summed E-state index contributed by atoms with van der Waals surface area (Å²) in [5.41, 5.74) is 3.32. The van der Waals surface area contributed by atoms with E-state index in [0.717, 1.165) is 16.7 Å². The minimum absolute atomic E-state index is 0.0490. The van der Waals surface area contributed by atoms with Gasteiger partial charge in [-0.05, 0) is 34.6 Å². The summed E-state index contributed by atoms with van der Waals surface area (Å²) in [6.45, 7) is 14.6. The first-order valence-corrected chi connectivity index (χ1v) is 13.2. The Morgan fingerprint density at radius 1 is 0.974 bits per heavy atom. The lowest BCUT2D eigenvalue weighted by molar-refractivity contribution is -0.137. The molecule has 2 aromatic carbocycles. The summed E-state index contributed by atoms with van der Waals surface area (Å²) in [5.74, 6) is -2.36. The highest BCUT2D eigenvalue weighted by molar-refractivity contribution is 6.42. The molecule has 4 amide bonds. The number of hydrogen-bond donors (Lipinski definition) is 2. The number of nitrogens with zero attached hydrogens (tertiary/aromatic N) is 1. The summed E-state index contributed by atoms with van der Waals surface area (Å²) < 4.78 is 0. The summed E-state index contributed by atoms with van der Waals surface area (Å²) in [6, 6.07) is 11.5. The average molecular weight is 522 g/mol. The van der Waals surface area contributed by atoms with E-state index in [-0.39, 0.29) is 36.7 Å². The zero-order valence-corrected chi connectivity index (χ0v) is 23.4. The number of hydrogen-bond acceptors (Lipinski definition) is 5. The van der Waals surface area contributed by atoms with E-state index in [4.69, 9.17) is 0 Å². The molecular weight excluding hydrogens is 482 g/mol. The third-order valence-electron chi connectivity index (χ3n) is 6.26. The summed E-state index contributed by atoms with van der Waals surface area (Å²) in [4.78, 5) is 62.7. The van der Waals surface area contributed by atoms with Crippen molar-refractivity contribution < 1.29 is 24.0 Å². The summed E-state index contributed by atoms with van der Waals surface area (Å²) in [6.07, 6.45) is 0.493. The zero-order valence-electron chi connectivity index (χ0n) is 23.4. The molecule has 0 aliphatic carbocycles. The second kappa shape index (κ2) is 13.1. The van der Waals surface area contributed by atoms with E-state index in [9.17, 15) is 24.0 Å². The van der Waals surface area contributed by atoms with E-state index in [1.807, 2.05) is 39.8 Å². The highest BCUT2D eigenvalue weighted by Gasteiger charge is 2.39. The minimum Gasteiger partial charge on any atom is -0.345 e. The second-order valence-electron chi connectivity index (χ2n) is 9.73. The second-order valence-corrected chi connectivity index (χ2v) is 9.73. The third kappa shape index (κ3) is 6.94. The molecule has 0 radical (unpaired) electrons. The molecule has 2 aliphatic heterocycles. The smallest absolute Gasteiger partial charge is 0.292 e. The first-order valence-electron chi connectivity index (χ1n) is 13.2. The predicted molar refractivity (Wildman–Crippen MR) is 147 cm³/mol. The van der Waals surface area contributed by atoms with Crippen LogP contribution in [0.2, 0.25) is 0 Å². The lowest BCUT2D eigenvalue weighted by atomic mass is 9.86. The molecular formula is C30H39N3O5. The Morgan fingerprint density at radius 3 is 2.18 bits per heavy atom. The minimum atomic E-state index is -0.703. The van der Waals surface area contributed by atoms with Gasteiger partial charge in [-0.25, -0.2) is 0 Å². The Labute approximate surface area is 225 Å². The molecule has 0 spiro atoms. The molecule has 2 heterocycles. The molecule has 38 heavy (non-hydrogen) atoms. The van der Waals surface area contributed by atoms with Crippen LogP contribution in [0.5, 0.6) is 0 Å². The van der Waals surface area contributed by atoms with Crippen LogP contribution in [0, 0.1) is 0 Å². The van der Waals surface area contributed by atoms with Crippen LogP contribution in [0.4, 0.5) is 0 Å².